The molecule has 2 N–H and O–H groups in total. The number of hydrogen-bond acceptors (Lipinski definition) is 3. The summed E-state index contributed by atoms with van der Waals surface area (Å²) in [6, 6.07) is 14.1. The molecule has 0 saturated carbocycles. The minimum atomic E-state index is 0.202. The van der Waals surface area contributed by atoms with Gasteiger partial charge in [-0.15, -0.1) is 0 Å². The Morgan fingerprint density at radius 1 is 0.882 bits per heavy atom. The number of para-hydroxylation sites is 2. The second kappa shape index (κ2) is 5.16. The summed E-state index contributed by atoms with van der Waals surface area (Å²) in [6.45, 7) is 0.390. The monoisotopic (exact) mass is 227 g/mol. The van der Waals surface area contributed by atoms with Gasteiger partial charge in [-0.2, -0.15) is 0 Å². The molecular weight excluding hydrogens is 214 g/mol. The summed E-state index contributed by atoms with van der Waals surface area (Å²) in [4.78, 5) is 4.19. The molecule has 0 saturated heterocycles. The van der Waals surface area contributed by atoms with Gasteiger partial charge in [0.1, 0.15) is 11.5 Å². The van der Waals surface area contributed by atoms with Crippen LogP contribution < -0.4 is 0 Å². The first kappa shape index (κ1) is 11.2. The van der Waals surface area contributed by atoms with E-state index in [1.165, 1.54) is 0 Å². The molecule has 0 radical (unpaired) electrons. The molecule has 2 aromatic carbocycles. The number of aliphatic imine (C=N–C) groups is 1. The third-order valence-corrected chi connectivity index (χ3v) is 2.42. The van der Waals surface area contributed by atoms with Crippen LogP contribution >= 0.6 is 0 Å². The maximum Gasteiger partial charge on any atom is 0.124 e. The van der Waals surface area contributed by atoms with E-state index < -0.39 is 0 Å². The summed E-state index contributed by atoms with van der Waals surface area (Å²) in [5.41, 5.74) is 1.43. The smallest absolute Gasteiger partial charge is 0.124 e. The SMILES string of the molecule is Oc1ccccc1C=NCc1ccccc1O. The van der Waals surface area contributed by atoms with E-state index in [1.54, 1.807) is 36.5 Å². The molecule has 0 aliphatic heterocycles. The molecule has 2 rings (SSSR count). The van der Waals surface area contributed by atoms with Crippen molar-refractivity contribution in [3.8, 4) is 11.5 Å². The topological polar surface area (TPSA) is 52.8 Å². The molecule has 2 aromatic rings. The number of hydrogen-bond donors (Lipinski definition) is 2. The molecule has 0 spiro atoms. The maximum absolute atomic E-state index is 9.54. The second-order valence-corrected chi connectivity index (χ2v) is 3.66. The van der Waals surface area contributed by atoms with E-state index in [4.69, 9.17) is 0 Å². The predicted molar refractivity (Wildman–Crippen MR) is 67.5 cm³/mol. The van der Waals surface area contributed by atoms with Gasteiger partial charge in [0.15, 0.2) is 0 Å². The molecule has 3 heteroatoms. The van der Waals surface area contributed by atoms with Gasteiger partial charge in [-0.05, 0) is 18.2 Å². The van der Waals surface area contributed by atoms with Crippen LogP contribution in [0.2, 0.25) is 0 Å². The van der Waals surface area contributed by atoms with E-state index in [0.717, 1.165) is 5.56 Å². The molecule has 86 valence electrons. The lowest BCUT2D eigenvalue weighted by Gasteiger charge is -2.00. The van der Waals surface area contributed by atoms with Gasteiger partial charge in [-0.1, -0.05) is 30.3 Å². The fourth-order valence-electron chi connectivity index (χ4n) is 1.48. The molecular formula is C14H13NO2. The lowest BCUT2D eigenvalue weighted by molar-refractivity contribution is 0.468. The van der Waals surface area contributed by atoms with Crippen LogP contribution in [0.15, 0.2) is 53.5 Å². The van der Waals surface area contributed by atoms with Crippen LogP contribution in [0, 0.1) is 0 Å². The number of aromatic hydroxyl groups is 2. The predicted octanol–water partition coefficient (Wildman–Crippen LogP) is 2.72. The van der Waals surface area contributed by atoms with E-state index in [9.17, 15) is 10.2 Å². The third kappa shape index (κ3) is 2.84. The van der Waals surface area contributed by atoms with Crippen LogP contribution in [0.3, 0.4) is 0 Å². The molecule has 3 nitrogen and oxygen atoms in total. The molecule has 0 bridgehead atoms. The Morgan fingerprint density at radius 3 is 2.24 bits per heavy atom. The minimum absolute atomic E-state index is 0.202. The molecule has 17 heavy (non-hydrogen) atoms. The normalized spacial score (nSPS) is 10.8. The number of nitrogens with zero attached hydrogens (tertiary/aromatic N) is 1. The van der Waals surface area contributed by atoms with Crippen molar-refractivity contribution in [3.05, 3.63) is 59.7 Å². The molecule has 0 amide bonds. The van der Waals surface area contributed by atoms with Crippen LogP contribution in [-0.4, -0.2) is 16.4 Å². The highest BCUT2D eigenvalue weighted by atomic mass is 16.3. The number of phenols is 2. The Labute approximate surface area is 99.7 Å². The van der Waals surface area contributed by atoms with Crippen LogP contribution in [0.5, 0.6) is 11.5 Å². The van der Waals surface area contributed by atoms with Gasteiger partial charge in [0.05, 0.1) is 6.54 Å². The van der Waals surface area contributed by atoms with E-state index in [1.807, 2.05) is 18.2 Å². The van der Waals surface area contributed by atoms with Gasteiger partial charge in [0, 0.05) is 17.3 Å². The first-order valence-corrected chi connectivity index (χ1v) is 5.32. The third-order valence-electron chi connectivity index (χ3n) is 2.42. The maximum atomic E-state index is 9.54. The largest absolute Gasteiger partial charge is 0.508 e. The zero-order chi connectivity index (χ0) is 12.1. The zero-order valence-corrected chi connectivity index (χ0v) is 9.24. The van der Waals surface area contributed by atoms with Crippen LogP contribution in [0.4, 0.5) is 0 Å². The fourth-order valence-corrected chi connectivity index (χ4v) is 1.48. The number of rotatable bonds is 3. The van der Waals surface area contributed by atoms with Gasteiger partial charge < -0.3 is 10.2 Å². The van der Waals surface area contributed by atoms with Crippen LogP contribution in [0.1, 0.15) is 11.1 Å². The highest BCUT2D eigenvalue weighted by Gasteiger charge is 1.98. The van der Waals surface area contributed by atoms with Crippen molar-refractivity contribution in [2.75, 3.05) is 0 Å². The Morgan fingerprint density at radius 2 is 1.53 bits per heavy atom. The van der Waals surface area contributed by atoms with Crippen LogP contribution in [0.25, 0.3) is 0 Å². The number of phenolic OH excluding ortho intramolecular Hbond substituents is 2. The van der Waals surface area contributed by atoms with Crippen molar-refractivity contribution in [1.29, 1.82) is 0 Å². The average molecular weight is 227 g/mol. The van der Waals surface area contributed by atoms with Crippen molar-refractivity contribution in [1.82, 2.24) is 0 Å². The molecule has 0 aliphatic rings. The molecule has 0 unspecified atom stereocenters. The molecule has 0 aliphatic carbocycles. The standard InChI is InChI=1S/C14H13NO2/c16-13-7-3-1-5-11(13)9-15-10-12-6-2-4-8-14(12)17/h1-9,16-17H,10H2. The van der Waals surface area contributed by atoms with E-state index in [2.05, 4.69) is 4.99 Å². The average Bonchev–Trinajstić information content (AvgIpc) is 2.34. The summed E-state index contributed by atoms with van der Waals surface area (Å²) in [5.74, 6) is 0.440. The van der Waals surface area contributed by atoms with Gasteiger partial charge in [-0.25, -0.2) is 0 Å². The first-order valence-electron chi connectivity index (χ1n) is 5.32. The fraction of sp³-hybridized carbons (Fsp3) is 0.0714. The molecule has 0 atom stereocenters. The summed E-state index contributed by atoms with van der Waals surface area (Å²) in [5, 5.41) is 19.1. The van der Waals surface area contributed by atoms with Crippen molar-refractivity contribution >= 4 is 6.21 Å². The van der Waals surface area contributed by atoms with Gasteiger partial charge in [-0.3, -0.25) is 4.99 Å². The van der Waals surface area contributed by atoms with Crippen molar-refractivity contribution in [2.24, 2.45) is 4.99 Å². The zero-order valence-electron chi connectivity index (χ0n) is 9.24. The minimum Gasteiger partial charge on any atom is -0.508 e. The second-order valence-electron chi connectivity index (χ2n) is 3.66. The Kier molecular flexibility index (Phi) is 3.40. The lowest BCUT2D eigenvalue weighted by atomic mass is 10.2. The van der Waals surface area contributed by atoms with Crippen molar-refractivity contribution < 1.29 is 10.2 Å². The van der Waals surface area contributed by atoms with E-state index in [0.29, 0.717) is 12.1 Å². The summed E-state index contributed by atoms with van der Waals surface area (Å²) >= 11 is 0. The molecule has 0 fully saturated rings. The molecule has 0 heterocycles. The van der Waals surface area contributed by atoms with E-state index >= 15 is 0 Å². The van der Waals surface area contributed by atoms with Gasteiger partial charge >= 0.3 is 0 Å². The molecule has 0 aromatic heterocycles. The van der Waals surface area contributed by atoms with Crippen molar-refractivity contribution in [2.45, 2.75) is 6.54 Å². The first-order chi connectivity index (χ1) is 8.27. The summed E-state index contributed by atoms with van der Waals surface area (Å²) in [6.07, 6.45) is 1.60. The van der Waals surface area contributed by atoms with Gasteiger partial charge in [0.2, 0.25) is 0 Å². The van der Waals surface area contributed by atoms with Gasteiger partial charge in [0.25, 0.3) is 0 Å². The Hall–Kier alpha value is -2.29. The van der Waals surface area contributed by atoms with E-state index in [-0.39, 0.29) is 11.5 Å². The lowest BCUT2D eigenvalue weighted by Crippen LogP contribution is -1.85. The van der Waals surface area contributed by atoms with Crippen molar-refractivity contribution in [3.63, 3.8) is 0 Å². The number of benzene rings is 2. The quantitative estimate of drug-likeness (QED) is 0.792. The highest BCUT2D eigenvalue weighted by Crippen LogP contribution is 2.17. The highest BCUT2D eigenvalue weighted by molar-refractivity contribution is 5.83. The Bertz CT molecular complexity index is 535. The van der Waals surface area contributed by atoms with Crippen LogP contribution in [-0.2, 0) is 6.54 Å². The summed E-state index contributed by atoms with van der Waals surface area (Å²) < 4.78 is 0. The summed E-state index contributed by atoms with van der Waals surface area (Å²) in [7, 11) is 0. The Balaban J connectivity index is 2.09.